The highest BCUT2D eigenvalue weighted by atomic mass is 16.5. The van der Waals surface area contributed by atoms with E-state index in [1.807, 2.05) is 6.07 Å². The summed E-state index contributed by atoms with van der Waals surface area (Å²) in [6.07, 6.45) is 5.21. The minimum absolute atomic E-state index is 0.0311. The molecule has 0 aromatic heterocycles. The van der Waals surface area contributed by atoms with Gasteiger partial charge >= 0.3 is 5.97 Å². The molecule has 1 aromatic carbocycles. The second-order valence-electron chi connectivity index (χ2n) is 7.29. The number of methoxy groups -OCH3 is 2. The standard InChI is InChI=1S/C19H26O3/c1-18-10-5-11-19(2,17(20)22-4)16(18)9-7-13-6-8-14(21-3)12-15(13)18/h6,8,12,16H,5,7,9-11H2,1-4H3/t16?,18-,19+/m1/s1. The molecule has 0 aliphatic heterocycles. The van der Waals surface area contributed by atoms with Crippen LogP contribution in [0, 0.1) is 11.3 Å². The van der Waals surface area contributed by atoms with E-state index in [0.29, 0.717) is 5.92 Å². The van der Waals surface area contributed by atoms with Gasteiger partial charge in [0, 0.05) is 0 Å². The number of rotatable bonds is 2. The first-order chi connectivity index (χ1) is 10.5. The van der Waals surface area contributed by atoms with Gasteiger partial charge in [0.15, 0.2) is 0 Å². The maximum atomic E-state index is 12.5. The number of fused-ring (bicyclic) bond motifs is 3. The highest BCUT2D eigenvalue weighted by Crippen LogP contribution is 2.57. The van der Waals surface area contributed by atoms with E-state index < -0.39 is 0 Å². The summed E-state index contributed by atoms with van der Waals surface area (Å²) in [6.45, 7) is 4.43. The maximum absolute atomic E-state index is 12.5. The molecule has 3 atom stereocenters. The van der Waals surface area contributed by atoms with Crippen molar-refractivity contribution in [1.29, 1.82) is 0 Å². The number of carbonyl (C=O) groups is 1. The van der Waals surface area contributed by atoms with Crippen molar-refractivity contribution in [1.82, 2.24) is 0 Å². The highest BCUT2D eigenvalue weighted by molar-refractivity contribution is 5.77. The molecule has 0 amide bonds. The largest absolute Gasteiger partial charge is 0.497 e. The second-order valence-corrected chi connectivity index (χ2v) is 7.29. The molecule has 0 heterocycles. The fourth-order valence-corrected chi connectivity index (χ4v) is 5.04. The number of carbonyl (C=O) groups excluding carboxylic acids is 1. The molecule has 1 aromatic rings. The number of hydrogen-bond donors (Lipinski definition) is 0. The van der Waals surface area contributed by atoms with Crippen molar-refractivity contribution in [3.63, 3.8) is 0 Å². The van der Waals surface area contributed by atoms with Gasteiger partial charge < -0.3 is 9.47 Å². The Hall–Kier alpha value is -1.51. The van der Waals surface area contributed by atoms with Crippen molar-refractivity contribution in [2.75, 3.05) is 14.2 Å². The quantitative estimate of drug-likeness (QED) is 0.778. The lowest BCUT2D eigenvalue weighted by molar-refractivity contribution is -0.161. The third-order valence-electron chi connectivity index (χ3n) is 6.22. The lowest BCUT2D eigenvalue weighted by Gasteiger charge is -2.54. The van der Waals surface area contributed by atoms with E-state index in [1.54, 1.807) is 7.11 Å². The molecule has 2 aliphatic carbocycles. The van der Waals surface area contributed by atoms with Crippen LogP contribution >= 0.6 is 0 Å². The summed E-state index contributed by atoms with van der Waals surface area (Å²) < 4.78 is 10.6. The van der Waals surface area contributed by atoms with Crippen LogP contribution in [0.3, 0.4) is 0 Å². The third kappa shape index (κ3) is 2.05. The molecular formula is C19H26O3. The maximum Gasteiger partial charge on any atom is 0.311 e. The zero-order valence-electron chi connectivity index (χ0n) is 14.1. The van der Waals surface area contributed by atoms with Crippen LogP contribution in [0.15, 0.2) is 18.2 Å². The molecule has 2 aliphatic rings. The molecule has 0 spiro atoms. The number of aryl methyl sites for hydroxylation is 1. The normalized spacial score (nSPS) is 33.5. The van der Waals surface area contributed by atoms with Crippen LogP contribution in [0.4, 0.5) is 0 Å². The molecule has 120 valence electrons. The lowest BCUT2D eigenvalue weighted by Crippen LogP contribution is -2.52. The lowest BCUT2D eigenvalue weighted by atomic mass is 9.50. The van der Waals surface area contributed by atoms with Gasteiger partial charge in [-0.1, -0.05) is 19.4 Å². The molecule has 0 saturated heterocycles. The first-order valence-electron chi connectivity index (χ1n) is 8.21. The van der Waals surface area contributed by atoms with E-state index in [1.165, 1.54) is 18.2 Å². The summed E-state index contributed by atoms with van der Waals surface area (Å²) in [5, 5.41) is 0. The number of hydrogen-bond acceptors (Lipinski definition) is 3. The molecular weight excluding hydrogens is 276 g/mol. The van der Waals surface area contributed by atoms with Crippen molar-refractivity contribution in [3.05, 3.63) is 29.3 Å². The van der Waals surface area contributed by atoms with E-state index in [-0.39, 0.29) is 16.8 Å². The van der Waals surface area contributed by atoms with Crippen LogP contribution in [0.5, 0.6) is 5.75 Å². The fourth-order valence-electron chi connectivity index (χ4n) is 5.04. The minimum Gasteiger partial charge on any atom is -0.497 e. The van der Waals surface area contributed by atoms with Crippen molar-refractivity contribution in [2.24, 2.45) is 11.3 Å². The zero-order valence-corrected chi connectivity index (χ0v) is 14.1. The minimum atomic E-state index is -0.373. The molecule has 1 unspecified atom stereocenters. The van der Waals surface area contributed by atoms with Crippen molar-refractivity contribution < 1.29 is 14.3 Å². The Morgan fingerprint density at radius 2 is 2.00 bits per heavy atom. The van der Waals surface area contributed by atoms with Crippen LogP contribution < -0.4 is 4.74 Å². The monoisotopic (exact) mass is 302 g/mol. The number of esters is 1. The van der Waals surface area contributed by atoms with Gasteiger partial charge in [-0.3, -0.25) is 4.79 Å². The Bertz CT molecular complexity index is 594. The first kappa shape index (κ1) is 15.4. The van der Waals surface area contributed by atoms with Crippen molar-refractivity contribution >= 4 is 5.97 Å². The van der Waals surface area contributed by atoms with Crippen LogP contribution in [0.1, 0.15) is 50.7 Å². The van der Waals surface area contributed by atoms with Crippen LogP contribution in [-0.2, 0) is 21.4 Å². The molecule has 3 nitrogen and oxygen atoms in total. The van der Waals surface area contributed by atoms with Crippen LogP contribution in [-0.4, -0.2) is 20.2 Å². The summed E-state index contributed by atoms with van der Waals surface area (Å²) in [6, 6.07) is 6.43. The van der Waals surface area contributed by atoms with E-state index in [9.17, 15) is 4.79 Å². The van der Waals surface area contributed by atoms with E-state index in [2.05, 4.69) is 26.0 Å². The van der Waals surface area contributed by atoms with Crippen LogP contribution in [0.2, 0.25) is 0 Å². The van der Waals surface area contributed by atoms with Gasteiger partial charge in [0.1, 0.15) is 5.75 Å². The summed E-state index contributed by atoms with van der Waals surface area (Å²) >= 11 is 0. The van der Waals surface area contributed by atoms with E-state index in [0.717, 1.165) is 37.9 Å². The summed E-state index contributed by atoms with van der Waals surface area (Å²) in [5.74, 6) is 1.20. The van der Waals surface area contributed by atoms with Gasteiger partial charge in [0.05, 0.1) is 19.6 Å². The Labute approximate surface area is 133 Å². The Kier molecular flexibility index (Phi) is 3.70. The smallest absolute Gasteiger partial charge is 0.311 e. The summed E-state index contributed by atoms with van der Waals surface area (Å²) in [5.41, 5.74) is 2.44. The van der Waals surface area contributed by atoms with E-state index in [4.69, 9.17) is 9.47 Å². The average molecular weight is 302 g/mol. The molecule has 1 saturated carbocycles. The predicted octanol–water partition coefficient (Wildman–Crippen LogP) is 3.88. The van der Waals surface area contributed by atoms with Crippen LogP contribution in [0.25, 0.3) is 0 Å². The van der Waals surface area contributed by atoms with Crippen molar-refractivity contribution in [2.45, 2.75) is 51.4 Å². The molecule has 3 rings (SSSR count). The molecule has 3 heteroatoms. The molecule has 0 N–H and O–H groups in total. The Morgan fingerprint density at radius 1 is 1.23 bits per heavy atom. The highest BCUT2D eigenvalue weighted by Gasteiger charge is 2.55. The van der Waals surface area contributed by atoms with Crippen molar-refractivity contribution in [3.8, 4) is 5.75 Å². The molecule has 0 bridgehead atoms. The van der Waals surface area contributed by atoms with Gasteiger partial charge in [0.25, 0.3) is 0 Å². The summed E-state index contributed by atoms with van der Waals surface area (Å²) in [4.78, 5) is 12.5. The molecule has 1 fully saturated rings. The predicted molar refractivity (Wildman–Crippen MR) is 86.1 cm³/mol. The number of benzene rings is 1. The zero-order chi connectivity index (χ0) is 16.0. The fraction of sp³-hybridized carbons (Fsp3) is 0.632. The SMILES string of the molecule is COC(=O)[C@@]1(C)CCC[C@]2(C)c3cc(OC)ccc3CCC12. The van der Waals surface area contributed by atoms with Gasteiger partial charge in [-0.2, -0.15) is 0 Å². The van der Waals surface area contributed by atoms with E-state index >= 15 is 0 Å². The third-order valence-corrected chi connectivity index (χ3v) is 6.22. The topological polar surface area (TPSA) is 35.5 Å². The number of ether oxygens (including phenoxy) is 2. The van der Waals surface area contributed by atoms with Gasteiger partial charge in [-0.15, -0.1) is 0 Å². The summed E-state index contributed by atoms with van der Waals surface area (Å²) in [7, 11) is 3.23. The second kappa shape index (κ2) is 5.29. The van der Waals surface area contributed by atoms with Gasteiger partial charge in [0.2, 0.25) is 0 Å². The van der Waals surface area contributed by atoms with Gasteiger partial charge in [-0.05, 0) is 67.2 Å². The molecule has 0 radical (unpaired) electrons. The van der Waals surface area contributed by atoms with Gasteiger partial charge in [-0.25, -0.2) is 0 Å². The first-order valence-corrected chi connectivity index (χ1v) is 8.21. The average Bonchev–Trinajstić information content (AvgIpc) is 2.53. The Morgan fingerprint density at radius 3 is 2.68 bits per heavy atom. The Balaban J connectivity index is 2.09. The molecule has 22 heavy (non-hydrogen) atoms.